The molecule has 1 heterocycles. The first-order valence-corrected chi connectivity index (χ1v) is 6.66. The largest absolute Gasteiger partial charge is 0.388 e. The van der Waals surface area contributed by atoms with Crippen molar-refractivity contribution in [1.29, 1.82) is 0 Å². The zero-order valence-corrected chi connectivity index (χ0v) is 11.9. The van der Waals surface area contributed by atoms with E-state index in [1.165, 1.54) is 0 Å². The van der Waals surface area contributed by atoms with E-state index in [0.29, 0.717) is 19.8 Å². The van der Waals surface area contributed by atoms with Crippen LogP contribution in [0.4, 0.5) is 0 Å². The maximum absolute atomic E-state index is 10.2. The van der Waals surface area contributed by atoms with Crippen molar-refractivity contribution in [2.45, 2.75) is 37.6 Å². The maximum Gasteiger partial charge on any atom is 0.187 e. The van der Waals surface area contributed by atoms with E-state index in [0.717, 1.165) is 0 Å². The molecule has 5 nitrogen and oxygen atoms in total. The molecule has 20 heavy (non-hydrogen) atoms. The van der Waals surface area contributed by atoms with Gasteiger partial charge in [0.1, 0.15) is 18.3 Å². The summed E-state index contributed by atoms with van der Waals surface area (Å²) < 4.78 is 22.5. The summed E-state index contributed by atoms with van der Waals surface area (Å²) in [6.45, 7) is 13.5. The van der Waals surface area contributed by atoms with Gasteiger partial charge < -0.3 is 24.1 Å². The third-order valence-electron chi connectivity index (χ3n) is 2.95. The van der Waals surface area contributed by atoms with Crippen LogP contribution in [0, 0.1) is 0 Å². The maximum atomic E-state index is 10.2. The predicted octanol–water partition coefficient (Wildman–Crippen LogP) is 1.44. The van der Waals surface area contributed by atoms with Gasteiger partial charge in [-0.05, 0) is 6.92 Å². The number of hydrogen-bond acceptors (Lipinski definition) is 5. The fourth-order valence-corrected chi connectivity index (χ4v) is 2.01. The van der Waals surface area contributed by atoms with E-state index in [1.807, 2.05) is 0 Å². The first kappa shape index (κ1) is 17.1. The van der Waals surface area contributed by atoms with Crippen LogP contribution in [0.1, 0.15) is 6.92 Å². The highest BCUT2D eigenvalue weighted by molar-refractivity contribution is 4.91. The quantitative estimate of drug-likeness (QED) is 0.649. The Bertz CT molecular complexity index is 317. The Labute approximate surface area is 120 Å². The summed E-state index contributed by atoms with van der Waals surface area (Å²) in [6, 6.07) is 0. The van der Waals surface area contributed by atoms with E-state index >= 15 is 0 Å². The van der Waals surface area contributed by atoms with Crippen LogP contribution in [-0.4, -0.2) is 55.6 Å². The highest BCUT2D eigenvalue weighted by Gasteiger charge is 2.45. The Kier molecular flexibility index (Phi) is 7.72. The molecular weight excluding hydrogens is 260 g/mol. The van der Waals surface area contributed by atoms with Crippen molar-refractivity contribution in [1.82, 2.24) is 0 Å². The Morgan fingerprint density at radius 1 is 0.950 bits per heavy atom. The van der Waals surface area contributed by atoms with Gasteiger partial charge in [-0.2, -0.15) is 0 Å². The molecule has 0 radical (unpaired) electrons. The predicted molar refractivity (Wildman–Crippen MR) is 76.4 cm³/mol. The molecule has 1 rings (SSSR count). The SMILES string of the molecule is C=CCO[C@H]1O[C@H](C)[C@@H](O)[C@H](OCC=C)[C@H]1OCC=C. The Hall–Kier alpha value is -0.980. The van der Waals surface area contributed by atoms with Crippen molar-refractivity contribution >= 4 is 0 Å². The van der Waals surface area contributed by atoms with Gasteiger partial charge in [0.15, 0.2) is 6.29 Å². The second-order valence-corrected chi connectivity index (χ2v) is 4.50. The van der Waals surface area contributed by atoms with E-state index < -0.39 is 30.7 Å². The minimum atomic E-state index is -0.798. The lowest BCUT2D eigenvalue weighted by Gasteiger charge is -2.42. The molecule has 1 aliphatic heterocycles. The average Bonchev–Trinajstić information content (AvgIpc) is 2.45. The van der Waals surface area contributed by atoms with Gasteiger partial charge in [0, 0.05) is 0 Å². The highest BCUT2D eigenvalue weighted by atomic mass is 16.7. The molecular formula is C15H24O5. The van der Waals surface area contributed by atoms with Gasteiger partial charge in [0.25, 0.3) is 0 Å². The molecule has 5 atom stereocenters. The summed E-state index contributed by atoms with van der Waals surface area (Å²) >= 11 is 0. The molecule has 0 amide bonds. The van der Waals surface area contributed by atoms with Gasteiger partial charge in [-0.1, -0.05) is 18.2 Å². The van der Waals surface area contributed by atoms with Crippen molar-refractivity contribution in [3.8, 4) is 0 Å². The van der Waals surface area contributed by atoms with E-state index in [-0.39, 0.29) is 0 Å². The van der Waals surface area contributed by atoms with Gasteiger partial charge in [-0.25, -0.2) is 0 Å². The molecule has 0 unspecified atom stereocenters. The summed E-state index contributed by atoms with van der Waals surface area (Å²) in [5, 5.41) is 10.2. The minimum Gasteiger partial charge on any atom is -0.388 e. The van der Waals surface area contributed by atoms with Crippen molar-refractivity contribution in [3.05, 3.63) is 38.0 Å². The van der Waals surface area contributed by atoms with Crippen LogP contribution in [0.25, 0.3) is 0 Å². The fourth-order valence-electron chi connectivity index (χ4n) is 2.01. The van der Waals surface area contributed by atoms with Crippen LogP contribution in [0.5, 0.6) is 0 Å². The Morgan fingerprint density at radius 3 is 2.00 bits per heavy atom. The molecule has 1 saturated heterocycles. The van der Waals surface area contributed by atoms with Gasteiger partial charge in [-0.3, -0.25) is 0 Å². The van der Waals surface area contributed by atoms with E-state index in [1.54, 1.807) is 25.2 Å². The van der Waals surface area contributed by atoms with Crippen molar-refractivity contribution in [3.63, 3.8) is 0 Å². The Morgan fingerprint density at radius 2 is 1.45 bits per heavy atom. The second-order valence-electron chi connectivity index (χ2n) is 4.50. The van der Waals surface area contributed by atoms with Gasteiger partial charge >= 0.3 is 0 Å². The highest BCUT2D eigenvalue weighted by Crippen LogP contribution is 2.26. The van der Waals surface area contributed by atoms with Crippen LogP contribution < -0.4 is 0 Å². The smallest absolute Gasteiger partial charge is 0.187 e. The molecule has 0 saturated carbocycles. The van der Waals surface area contributed by atoms with Gasteiger partial charge in [-0.15, -0.1) is 19.7 Å². The molecule has 1 fully saturated rings. The molecule has 0 aromatic carbocycles. The molecule has 1 aliphatic rings. The van der Waals surface area contributed by atoms with E-state index in [9.17, 15) is 5.11 Å². The van der Waals surface area contributed by atoms with Gasteiger partial charge in [0.05, 0.1) is 25.9 Å². The summed E-state index contributed by atoms with van der Waals surface area (Å²) in [6.07, 6.45) is 1.95. The lowest BCUT2D eigenvalue weighted by molar-refractivity contribution is -0.304. The van der Waals surface area contributed by atoms with Crippen LogP contribution in [0.3, 0.4) is 0 Å². The molecule has 114 valence electrons. The van der Waals surface area contributed by atoms with Crippen LogP contribution in [0.2, 0.25) is 0 Å². The number of rotatable bonds is 9. The van der Waals surface area contributed by atoms with Crippen LogP contribution >= 0.6 is 0 Å². The first-order chi connectivity index (χ1) is 9.65. The van der Waals surface area contributed by atoms with Crippen molar-refractivity contribution in [2.24, 2.45) is 0 Å². The number of aliphatic hydroxyl groups is 1. The van der Waals surface area contributed by atoms with Crippen molar-refractivity contribution < 1.29 is 24.1 Å². The number of hydrogen-bond donors (Lipinski definition) is 1. The van der Waals surface area contributed by atoms with E-state index in [2.05, 4.69) is 19.7 Å². The zero-order valence-electron chi connectivity index (χ0n) is 11.9. The second kappa shape index (κ2) is 9.05. The summed E-state index contributed by atoms with van der Waals surface area (Å²) in [7, 11) is 0. The lowest BCUT2D eigenvalue weighted by atomic mass is 9.99. The molecule has 1 N–H and O–H groups in total. The van der Waals surface area contributed by atoms with Crippen LogP contribution in [0.15, 0.2) is 38.0 Å². The normalized spacial score (nSPS) is 33.6. The topological polar surface area (TPSA) is 57.2 Å². The summed E-state index contributed by atoms with van der Waals surface area (Å²) in [5.74, 6) is 0. The Balaban J connectivity index is 2.81. The number of ether oxygens (including phenoxy) is 4. The lowest BCUT2D eigenvalue weighted by Crippen LogP contribution is -2.59. The standard InChI is InChI=1S/C15H24O5/c1-5-8-17-13-12(16)11(4)20-15(19-10-7-3)14(13)18-9-6-2/h5-7,11-16H,1-3,8-10H2,4H3/t11-,12-,13+,14-,15+/m1/s1. The summed E-state index contributed by atoms with van der Waals surface area (Å²) in [4.78, 5) is 0. The molecule has 0 aromatic heterocycles. The molecule has 0 spiro atoms. The first-order valence-electron chi connectivity index (χ1n) is 6.66. The van der Waals surface area contributed by atoms with Gasteiger partial charge in [0.2, 0.25) is 0 Å². The van der Waals surface area contributed by atoms with Crippen molar-refractivity contribution in [2.75, 3.05) is 19.8 Å². The molecule has 0 bridgehead atoms. The monoisotopic (exact) mass is 284 g/mol. The fraction of sp³-hybridized carbons (Fsp3) is 0.600. The number of aliphatic hydroxyl groups excluding tert-OH is 1. The summed E-state index contributed by atoms with van der Waals surface area (Å²) in [5.41, 5.74) is 0. The minimum absolute atomic E-state index is 0.316. The zero-order chi connectivity index (χ0) is 15.0. The third-order valence-corrected chi connectivity index (χ3v) is 2.95. The third kappa shape index (κ3) is 4.54. The van der Waals surface area contributed by atoms with Crippen LogP contribution in [-0.2, 0) is 18.9 Å². The average molecular weight is 284 g/mol. The molecule has 0 aromatic rings. The van der Waals surface area contributed by atoms with E-state index in [4.69, 9.17) is 18.9 Å². The molecule has 0 aliphatic carbocycles. The molecule has 5 heteroatoms.